The van der Waals surface area contributed by atoms with E-state index in [0.717, 1.165) is 12.5 Å². The summed E-state index contributed by atoms with van der Waals surface area (Å²) in [7, 11) is 1.85. The van der Waals surface area contributed by atoms with Crippen LogP contribution in [0.25, 0.3) is 0 Å². The summed E-state index contributed by atoms with van der Waals surface area (Å²) in [5.74, 6) is 0.905. The molecule has 2 rings (SSSR count). The van der Waals surface area contributed by atoms with Crippen LogP contribution in [0.15, 0.2) is 29.3 Å². The van der Waals surface area contributed by atoms with Gasteiger partial charge in [0.2, 0.25) is 0 Å². The van der Waals surface area contributed by atoms with Crippen molar-refractivity contribution in [2.75, 3.05) is 20.1 Å². The van der Waals surface area contributed by atoms with Gasteiger partial charge in [-0.2, -0.15) is 0 Å². The average Bonchev–Trinajstić information content (AvgIpc) is 2.58. The number of hydrogen-bond donors (Lipinski definition) is 2. The van der Waals surface area contributed by atoms with E-state index in [1.54, 1.807) is 0 Å². The molecule has 1 saturated heterocycles. The molecule has 2 N–H and O–H groups in total. The SMILES string of the molecule is CN=C(NCc1ccc(C(C)(C)C)cc1)NC1CCN(C(C)C)CC1.I. The van der Waals surface area contributed by atoms with Crippen molar-refractivity contribution in [1.29, 1.82) is 0 Å². The Kier molecular flexibility index (Phi) is 9.38. The Hall–Kier alpha value is -0.820. The number of rotatable bonds is 4. The number of hydrogen-bond acceptors (Lipinski definition) is 2. The lowest BCUT2D eigenvalue weighted by atomic mass is 9.87. The van der Waals surface area contributed by atoms with Crippen molar-refractivity contribution in [1.82, 2.24) is 15.5 Å². The zero-order valence-electron chi connectivity index (χ0n) is 17.3. The molecule has 26 heavy (non-hydrogen) atoms. The summed E-state index contributed by atoms with van der Waals surface area (Å²) < 4.78 is 0. The summed E-state index contributed by atoms with van der Waals surface area (Å²) in [5, 5.41) is 7.03. The fourth-order valence-corrected chi connectivity index (χ4v) is 3.26. The minimum atomic E-state index is 0. The Morgan fingerprint density at radius 3 is 2.19 bits per heavy atom. The molecule has 0 aliphatic carbocycles. The van der Waals surface area contributed by atoms with Gasteiger partial charge in [0.15, 0.2) is 5.96 Å². The number of nitrogens with one attached hydrogen (secondary N) is 2. The summed E-state index contributed by atoms with van der Waals surface area (Å²) in [5.41, 5.74) is 2.86. The topological polar surface area (TPSA) is 39.7 Å². The smallest absolute Gasteiger partial charge is 0.191 e. The first kappa shape index (κ1) is 23.2. The zero-order valence-corrected chi connectivity index (χ0v) is 19.6. The van der Waals surface area contributed by atoms with Crippen molar-refractivity contribution in [3.8, 4) is 0 Å². The van der Waals surface area contributed by atoms with Gasteiger partial charge in [-0.25, -0.2) is 0 Å². The normalized spacial score (nSPS) is 17.1. The van der Waals surface area contributed by atoms with Crippen molar-refractivity contribution in [3.63, 3.8) is 0 Å². The molecule has 1 aliphatic heterocycles. The van der Waals surface area contributed by atoms with E-state index >= 15 is 0 Å². The van der Waals surface area contributed by atoms with E-state index in [-0.39, 0.29) is 29.4 Å². The van der Waals surface area contributed by atoms with Gasteiger partial charge in [0.25, 0.3) is 0 Å². The first-order valence-corrected chi connectivity index (χ1v) is 9.60. The lowest BCUT2D eigenvalue weighted by molar-refractivity contribution is 0.167. The predicted molar refractivity (Wildman–Crippen MR) is 124 cm³/mol. The van der Waals surface area contributed by atoms with Crippen molar-refractivity contribution >= 4 is 29.9 Å². The summed E-state index contributed by atoms with van der Waals surface area (Å²) in [6.45, 7) is 14.4. The van der Waals surface area contributed by atoms with Gasteiger partial charge in [0, 0.05) is 38.8 Å². The lowest BCUT2D eigenvalue weighted by Crippen LogP contribution is -2.49. The highest BCUT2D eigenvalue weighted by atomic mass is 127. The van der Waals surface area contributed by atoms with Crippen LogP contribution in [0.1, 0.15) is 58.6 Å². The third-order valence-electron chi connectivity index (χ3n) is 5.10. The number of likely N-dealkylation sites (tertiary alicyclic amines) is 1. The second kappa shape index (κ2) is 10.5. The summed E-state index contributed by atoms with van der Waals surface area (Å²) in [6.07, 6.45) is 2.36. The molecule has 0 unspecified atom stereocenters. The van der Waals surface area contributed by atoms with Crippen LogP contribution in [-0.2, 0) is 12.0 Å². The molecule has 5 heteroatoms. The second-order valence-electron chi connectivity index (χ2n) is 8.42. The van der Waals surface area contributed by atoms with E-state index < -0.39 is 0 Å². The van der Waals surface area contributed by atoms with Crippen LogP contribution in [-0.4, -0.2) is 43.1 Å². The molecule has 1 aliphatic rings. The average molecular weight is 472 g/mol. The maximum absolute atomic E-state index is 4.39. The van der Waals surface area contributed by atoms with E-state index in [1.807, 2.05) is 7.05 Å². The maximum atomic E-state index is 4.39. The van der Waals surface area contributed by atoms with Crippen LogP contribution in [0.4, 0.5) is 0 Å². The molecule has 1 fully saturated rings. The second-order valence-corrected chi connectivity index (χ2v) is 8.42. The molecule has 0 aromatic heterocycles. The Balaban J connectivity index is 0.00000338. The van der Waals surface area contributed by atoms with Crippen LogP contribution >= 0.6 is 24.0 Å². The van der Waals surface area contributed by atoms with Crippen LogP contribution in [0.5, 0.6) is 0 Å². The first-order chi connectivity index (χ1) is 11.8. The van der Waals surface area contributed by atoms with Gasteiger partial charge in [-0.15, -0.1) is 24.0 Å². The molecule has 1 aromatic rings. The van der Waals surface area contributed by atoms with E-state index in [1.165, 1.54) is 37.1 Å². The highest BCUT2D eigenvalue weighted by Gasteiger charge is 2.21. The lowest BCUT2D eigenvalue weighted by Gasteiger charge is -2.35. The standard InChI is InChI=1S/C21H36N4.HI/c1-16(2)25-13-11-19(12-14-25)24-20(22-6)23-15-17-7-9-18(10-8-17)21(3,4)5;/h7-10,16,19H,11-15H2,1-6H3,(H2,22,23,24);1H. The molecule has 4 nitrogen and oxygen atoms in total. The number of guanidine groups is 1. The molecular formula is C21H37IN4. The third kappa shape index (κ3) is 7.06. The van der Waals surface area contributed by atoms with Gasteiger partial charge in [-0.1, -0.05) is 45.0 Å². The van der Waals surface area contributed by atoms with Crippen LogP contribution in [0.3, 0.4) is 0 Å². The summed E-state index contributed by atoms with van der Waals surface area (Å²) in [4.78, 5) is 6.94. The Labute approximate surface area is 177 Å². The quantitative estimate of drug-likeness (QED) is 0.393. The number of nitrogens with zero attached hydrogens (tertiary/aromatic N) is 2. The van der Waals surface area contributed by atoms with Crippen LogP contribution in [0, 0.1) is 0 Å². The number of benzene rings is 1. The molecule has 0 spiro atoms. The Bertz CT molecular complexity index is 552. The van der Waals surface area contributed by atoms with Gasteiger partial charge >= 0.3 is 0 Å². The Morgan fingerprint density at radius 1 is 1.15 bits per heavy atom. The van der Waals surface area contributed by atoms with Crippen molar-refractivity contribution in [2.45, 2.75) is 71.5 Å². The van der Waals surface area contributed by atoms with E-state index in [0.29, 0.717) is 12.1 Å². The highest BCUT2D eigenvalue weighted by Crippen LogP contribution is 2.22. The van der Waals surface area contributed by atoms with Gasteiger partial charge in [0.1, 0.15) is 0 Å². The number of halogens is 1. The maximum Gasteiger partial charge on any atom is 0.191 e. The van der Waals surface area contributed by atoms with E-state index in [9.17, 15) is 0 Å². The number of piperidine rings is 1. The van der Waals surface area contributed by atoms with Crippen molar-refractivity contribution < 1.29 is 0 Å². The van der Waals surface area contributed by atoms with Crippen molar-refractivity contribution in [2.24, 2.45) is 4.99 Å². The number of aliphatic imine (C=N–C) groups is 1. The van der Waals surface area contributed by atoms with Gasteiger partial charge in [0.05, 0.1) is 0 Å². The molecule has 148 valence electrons. The molecule has 1 aromatic carbocycles. The molecule has 0 atom stereocenters. The monoisotopic (exact) mass is 472 g/mol. The van der Waals surface area contributed by atoms with Gasteiger partial charge < -0.3 is 15.5 Å². The van der Waals surface area contributed by atoms with Crippen LogP contribution < -0.4 is 10.6 Å². The molecule has 0 bridgehead atoms. The molecule has 0 amide bonds. The van der Waals surface area contributed by atoms with Crippen molar-refractivity contribution in [3.05, 3.63) is 35.4 Å². The minimum Gasteiger partial charge on any atom is -0.354 e. The van der Waals surface area contributed by atoms with Gasteiger partial charge in [-0.3, -0.25) is 4.99 Å². The molecule has 0 radical (unpaired) electrons. The van der Waals surface area contributed by atoms with Crippen LogP contribution in [0.2, 0.25) is 0 Å². The van der Waals surface area contributed by atoms with E-state index in [4.69, 9.17) is 0 Å². The van der Waals surface area contributed by atoms with E-state index in [2.05, 4.69) is 79.4 Å². The fraction of sp³-hybridized carbons (Fsp3) is 0.667. The molecular weight excluding hydrogens is 435 g/mol. The predicted octanol–water partition coefficient (Wildman–Crippen LogP) is 4.14. The molecule has 1 heterocycles. The third-order valence-corrected chi connectivity index (χ3v) is 5.10. The molecule has 0 saturated carbocycles. The zero-order chi connectivity index (χ0) is 18.4. The Morgan fingerprint density at radius 2 is 1.73 bits per heavy atom. The fourth-order valence-electron chi connectivity index (χ4n) is 3.26. The summed E-state index contributed by atoms with van der Waals surface area (Å²) in [6, 6.07) is 10.0. The summed E-state index contributed by atoms with van der Waals surface area (Å²) >= 11 is 0. The first-order valence-electron chi connectivity index (χ1n) is 9.60. The highest BCUT2D eigenvalue weighted by molar-refractivity contribution is 14.0. The largest absolute Gasteiger partial charge is 0.354 e. The van der Waals surface area contributed by atoms with Gasteiger partial charge in [-0.05, 0) is 43.2 Å². The minimum absolute atomic E-state index is 0.